The molecule has 0 bridgehead atoms. The Kier molecular flexibility index (Phi) is 5.32. The van der Waals surface area contributed by atoms with E-state index in [9.17, 15) is 4.39 Å². The van der Waals surface area contributed by atoms with Gasteiger partial charge in [0.05, 0.1) is 16.9 Å². The van der Waals surface area contributed by atoms with Gasteiger partial charge >= 0.3 is 0 Å². The van der Waals surface area contributed by atoms with Crippen LogP contribution in [0.5, 0.6) is 5.75 Å². The van der Waals surface area contributed by atoms with Gasteiger partial charge in [0.15, 0.2) is 0 Å². The third-order valence-electron chi connectivity index (χ3n) is 2.80. The second-order valence-electron chi connectivity index (χ2n) is 4.25. The molecule has 0 amide bonds. The fourth-order valence-electron chi connectivity index (χ4n) is 1.68. The normalized spacial score (nSPS) is 10.6. The van der Waals surface area contributed by atoms with Gasteiger partial charge in [0.1, 0.15) is 18.2 Å². The highest BCUT2D eigenvalue weighted by molar-refractivity contribution is 6.31. The topological polar surface area (TPSA) is 34.1 Å². The van der Waals surface area contributed by atoms with Crippen molar-refractivity contribution in [3.63, 3.8) is 0 Å². The van der Waals surface area contributed by atoms with Crippen molar-refractivity contribution in [2.45, 2.75) is 20.1 Å². The van der Waals surface area contributed by atoms with Gasteiger partial charge in [-0.3, -0.25) is 4.98 Å². The maximum absolute atomic E-state index is 13.6. The second kappa shape index (κ2) is 7.22. The van der Waals surface area contributed by atoms with Crippen molar-refractivity contribution in [2.24, 2.45) is 0 Å². The number of benzene rings is 1. The molecule has 1 aromatic carbocycles. The molecule has 0 spiro atoms. The molecule has 0 saturated carbocycles. The lowest BCUT2D eigenvalue weighted by atomic mass is 10.2. The van der Waals surface area contributed by atoms with Crippen LogP contribution in [0.2, 0.25) is 5.02 Å². The maximum Gasteiger partial charge on any atom is 0.138 e. The molecule has 0 aliphatic rings. The maximum atomic E-state index is 13.6. The number of nitrogens with zero attached hydrogens (tertiary/aromatic N) is 1. The molecule has 20 heavy (non-hydrogen) atoms. The summed E-state index contributed by atoms with van der Waals surface area (Å²) < 4.78 is 19.1. The van der Waals surface area contributed by atoms with E-state index >= 15 is 0 Å². The van der Waals surface area contributed by atoms with Gasteiger partial charge in [-0.1, -0.05) is 24.6 Å². The highest BCUT2D eigenvalue weighted by Crippen LogP contribution is 2.21. The first-order chi connectivity index (χ1) is 9.70. The summed E-state index contributed by atoms with van der Waals surface area (Å²) >= 11 is 5.93. The number of hydrogen-bond acceptors (Lipinski definition) is 3. The van der Waals surface area contributed by atoms with E-state index in [0.29, 0.717) is 16.3 Å². The van der Waals surface area contributed by atoms with Crippen LogP contribution < -0.4 is 10.1 Å². The zero-order valence-corrected chi connectivity index (χ0v) is 12.0. The van der Waals surface area contributed by atoms with Crippen LogP contribution in [0.15, 0.2) is 36.5 Å². The third-order valence-corrected chi connectivity index (χ3v) is 3.15. The summed E-state index contributed by atoms with van der Waals surface area (Å²) in [6, 6.07) is 8.26. The molecule has 106 valence electrons. The molecule has 0 radical (unpaired) electrons. The molecule has 0 unspecified atom stereocenters. The monoisotopic (exact) mass is 294 g/mol. The number of halogens is 2. The fraction of sp³-hybridized carbons (Fsp3) is 0.267. The number of nitrogens with one attached hydrogen (secondary N) is 1. The average Bonchev–Trinajstić information content (AvgIpc) is 2.46. The largest absolute Gasteiger partial charge is 0.487 e. The number of ether oxygens (including phenoxy) is 1. The van der Waals surface area contributed by atoms with Crippen LogP contribution in [-0.4, -0.2) is 11.5 Å². The van der Waals surface area contributed by atoms with Gasteiger partial charge in [-0.05, 0) is 30.8 Å². The molecule has 0 fully saturated rings. The van der Waals surface area contributed by atoms with E-state index in [-0.39, 0.29) is 12.4 Å². The fourth-order valence-corrected chi connectivity index (χ4v) is 1.90. The number of rotatable bonds is 6. The molecule has 0 atom stereocenters. The van der Waals surface area contributed by atoms with Crippen LogP contribution >= 0.6 is 11.6 Å². The van der Waals surface area contributed by atoms with Crippen LogP contribution in [0, 0.1) is 5.82 Å². The first-order valence-electron chi connectivity index (χ1n) is 6.42. The van der Waals surface area contributed by atoms with Gasteiger partial charge < -0.3 is 10.1 Å². The Hall–Kier alpha value is -1.65. The number of pyridine rings is 1. The van der Waals surface area contributed by atoms with Crippen molar-refractivity contribution < 1.29 is 9.13 Å². The molecule has 0 aliphatic heterocycles. The Labute approximate surface area is 122 Å². The van der Waals surface area contributed by atoms with Crippen molar-refractivity contribution in [3.05, 3.63) is 58.6 Å². The molecular formula is C15H16ClFN2O. The van der Waals surface area contributed by atoms with E-state index < -0.39 is 0 Å². The van der Waals surface area contributed by atoms with Gasteiger partial charge in [0, 0.05) is 12.1 Å². The van der Waals surface area contributed by atoms with Gasteiger partial charge in [-0.15, -0.1) is 0 Å². The highest BCUT2D eigenvalue weighted by Gasteiger charge is 2.07. The Morgan fingerprint density at radius 3 is 2.80 bits per heavy atom. The lowest BCUT2D eigenvalue weighted by molar-refractivity contribution is 0.298. The lowest BCUT2D eigenvalue weighted by Crippen LogP contribution is -2.12. The highest BCUT2D eigenvalue weighted by atomic mass is 35.5. The molecule has 2 aromatic rings. The van der Waals surface area contributed by atoms with E-state index in [2.05, 4.69) is 10.3 Å². The minimum atomic E-state index is -0.366. The Morgan fingerprint density at radius 1 is 1.30 bits per heavy atom. The summed E-state index contributed by atoms with van der Waals surface area (Å²) in [5.74, 6) is 0.221. The molecule has 0 saturated heterocycles. The molecule has 3 nitrogen and oxygen atoms in total. The van der Waals surface area contributed by atoms with Gasteiger partial charge in [0.25, 0.3) is 0 Å². The Bertz CT molecular complexity index is 540. The van der Waals surface area contributed by atoms with Crippen LogP contribution in [0.25, 0.3) is 0 Å². The predicted octanol–water partition coefficient (Wildman–Crippen LogP) is 3.56. The van der Waals surface area contributed by atoms with E-state index in [1.165, 1.54) is 6.07 Å². The molecule has 1 N–H and O–H groups in total. The Balaban J connectivity index is 1.97. The molecule has 1 heterocycles. The van der Waals surface area contributed by atoms with Crippen molar-refractivity contribution in [2.75, 3.05) is 6.54 Å². The minimum Gasteiger partial charge on any atom is -0.487 e. The molecule has 1 aromatic heterocycles. The summed E-state index contributed by atoms with van der Waals surface area (Å²) in [6.45, 7) is 3.73. The van der Waals surface area contributed by atoms with Crippen molar-refractivity contribution in [1.82, 2.24) is 10.3 Å². The van der Waals surface area contributed by atoms with Crippen LogP contribution in [-0.2, 0) is 13.2 Å². The molecule has 2 rings (SSSR count). The number of hydrogen-bond donors (Lipinski definition) is 1. The zero-order chi connectivity index (χ0) is 14.4. The quantitative estimate of drug-likeness (QED) is 0.884. The van der Waals surface area contributed by atoms with E-state index in [1.54, 1.807) is 18.3 Å². The first-order valence-corrected chi connectivity index (χ1v) is 6.80. The van der Waals surface area contributed by atoms with Gasteiger partial charge in [-0.25, -0.2) is 4.39 Å². The van der Waals surface area contributed by atoms with Crippen molar-refractivity contribution in [3.8, 4) is 5.75 Å². The molecule has 0 aliphatic carbocycles. The van der Waals surface area contributed by atoms with Gasteiger partial charge in [0.2, 0.25) is 0 Å². The lowest BCUT2D eigenvalue weighted by Gasteiger charge is -2.09. The SMILES string of the molecule is CCNCc1ccc(OCc2c(F)cccc2Cl)cn1. The van der Waals surface area contributed by atoms with Crippen LogP contribution in [0.3, 0.4) is 0 Å². The third kappa shape index (κ3) is 3.92. The van der Waals surface area contributed by atoms with Crippen LogP contribution in [0.1, 0.15) is 18.2 Å². The predicted molar refractivity (Wildman–Crippen MR) is 77.4 cm³/mol. The first kappa shape index (κ1) is 14.8. The van der Waals surface area contributed by atoms with Crippen molar-refractivity contribution >= 4 is 11.6 Å². The average molecular weight is 295 g/mol. The second-order valence-corrected chi connectivity index (χ2v) is 4.66. The van der Waals surface area contributed by atoms with Gasteiger partial charge in [-0.2, -0.15) is 0 Å². The van der Waals surface area contributed by atoms with Crippen molar-refractivity contribution in [1.29, 1.82) is 0 Å². The Morgan fingerprint density at radius 2 is 2.15 bits per heavy atom. The standard InChI is InChI=1S/C15H16ClFN2O/c1-2-18-8-11-6-7-12(9-19-11)20-10-13-14(16)4-3-5-15(13)17/h3-7,9,18H,2,8,10H2,1H3. The molecule has 5 heteroatoms. The van der Waals surface area contributed by atoms with E-state index in [4.69, 9.17) is 16.3 Å². The molecular weight excluding hydrogens is 279 g/mol. The van der Waals surface area contributed by atoms with Crippen LogP contribution in [0.4, 0.5) is 4.39 Å². The summed E-state index contributed by atoms with van der Waals surface area (Å²) in [5.41, 5.74) is 1.29. The minimum absolute atomic E-state index is 0.0831. The zero-order valence-electron chi connectivity index (χ0n) is 11.2. The summed E-state index contributed by atoms with van der Waals surface area (Å²) in [5, 5.41) is 3.55. The smallest absolute Gasteiger partial charge is 0.138 e. The summed E-state index contributed by atoms with van der Waals surface area (Å²) in [7, 11) is 0. The van der Waals surface area contributed by atoms with E-state index in [0.717, 1.165) is 18.8 Å². The van der Waals surface area contributed by atoms with E-state index in [1.807, 2.05) is 19.1 Å². The number of aromatic nitrogens is 1. The summed E-state index contributed by atoms with van der Waals surface area (Å²) in [4.78, 5) is 4.26. The summed E-state index contributed by atoms with van der Waals surface area (Å²) in [6.07, 6.45) is 1.63.